The first-order valence-electron chi connectivity index (χ1n) is 22.2. The van der Waals surface area contributed by atoms with Crippen LogP contribution in [-0.4, -0.2) is 76.0 Å². The molecular formula is C51H46B7N3O. The van der Waals surface area contributed by atoms with Crippen LogP contribution in [0.25, 0.3) is 67.5 Å². The number of ether oxygens (including phenoxy) is 1. The molecule has 62 heavy (non-hydrogen) atoms. The van der Waals surface area contributed by atoms with Gasteiger partial charge in [-0.3, -0.25) is 0 Å². The molecule has 0 saturated heterocycles. The first kappa shape index (κ1) is 39.9. The van der Waals surface area contributed by atoms with Crippen molar-refractivity contribution in [3.63, 3.8) is 0 Å². The van der Waals surface area contributed by atoms with Crippen LogP contribution in [-0.2, 0) is 0 Å². The maximum Gasteiger partial charge on any atom is 0.164 e. The van der Waals surface area contributed by atoms with Gasteiger partial charge in [0.15, 0.2) is 17.5 Å². The zero-order chi connectivity index (χ0) is 42.6. The Hall–Kier alpha value is -6.20. The highest BCUT2D eigenvalue weighted by Crippen LogP contribution is 2.60. The second-order valence-electron chi connectivity index (χ2n) is 17.9. The molecule has 10 rings (SSSR count). The van der Waals surface area contributed by atoms with Crippen LogP contribution in [0.1, 0.15) is 23.0 Å². The second kappa shape index (κ2) is 16.3. The summed E-state index contributed by atoms with van der Waals surface area (Å²) < 4.78 is 7.30. The summed E-state index contributed by atoms with van der Waals surface area (Å²) in [6, 6.07) is 55.9. The molecule has 6 unspecified atom stereocenters. The van der Waals surface area contributed by atoms with Crippen molar-refractivity contribution in [2.75, 3.05) is 0 Å². The van der Waals surface area contributed by atoms with Gasteiger partial charge in [0.1, 0.15) is 66.8 Å². The summed E-state index contributed by atoms with van der Waals surface area (Å²) in [7, 11) is 16.4. The highest BCUT2D eigenvalue weighted by atomic mass is 16.5. The van der Waals surface area contributed by atoms with Crippen LogP contribution in [0.3, 0.4) is 0 Å². The van der Waals surface area contributed by atoms with Gasteiger partial charge in [-0.2, -0.15) is 0 Å². The molecule has 0 N–H and O–H groups in total. The molecule has 7 aromatic carbocycles. The van der Waals surface area contributed by atoms with Crippen LogP contribution >= 0.6 is 0 Å². The number of rotatable bonds is 7. The lowest BCUT2D eigenvalue weighted by atomic mass is 9.42. The standard InChI is InChI=1S/C51H46B7N3O/c52-40-37(47-38(41(53)43(40)55)39-42(54)44(56)45(57)46(58)48(39)62-47)35-24-34(29-14-8-3-9-15-29)25-36(26-35)51-60-49(32-20-16-30(17-21-32)27-10-4-1-5-11-27)59-50(61-51)33-22-18-31(19-23-33)28-12-6-2-7-13-28/h1-26,37-38,40-41,43,47H,52-58H2. The Morgan fingerprint density at radius 1 is 0.355 bits per heavy atom. The Kier molecular flexibility index (Phi) is 10.5. The molecule has 1 aliphatic heterocycles. The normalized spacial score (nSPS) is 20.2. The lowest BCUT2D eigenvalue weighted by Gasteiger charge is -2.47. The molecule has 0 bridgehead atoms. The fraction of sp³-hybridized carbons (Fsp3) is 0.118. The first-order chi connectivity index (χ1) is 30.1. The largest absolute Gasteiger partial charge is 0.490 e. The Bertz CT molecular complexity index is 2840. The molecule has 4 nitrogen and oxygen atoms in total. The average Bonchev–Trinajstić information content (AvgIpc) is 3.73. The van der Waals surface area contributed by atoms with Crippen molar-refractivity contribution in [2.24, 2.45) is 0 Å². The Labute approximate surface area is 372 Å². The lowest BCUT2D eigenvalue weighted by molar-refractivity contribution is 0.140. The predicted octanol–water partition coefficient (Wildman–Crippen LogP) is 2.81. The Morgan fingerprint density at radius 2 is 0.742 bits per heavy atom. The van der Waals surface area contributed by atoms with E-state index in [2.05, 4.69) is 201 Å². The van der Waals surface area contributed by atoms with Crippen molar-refractivity contribution in [2.45, 2.75) is 35.4 Å². The van der Waals surface area contributed by atoms with Crippen LogP contribution in [0.15, 0.2) is 158 Å². The van der Waals surface area contributed by atoms with Crippen molar-refractivity contribution >= 4 is 76.8 Å². The number of nitrogens with zero attached hydrogens (tertiary/aromatic N) is 3. The van der Waals surface area contributed by atoms with E-state index in [4.69, 9.17) is 19.7 Å². The minimum absolute atomic E-state index is 0.0133. The van der Waals surface area contributed by atoms with Crippen LogP contribution in [0, 0.1) is 0 Å². The van der Waals surface area contributed by atoms with Gasteiger partial charge in [-0.05, 0) is 56.6 Å². The molecule has 1 aliphatic carbocycles. The molecule has 11 heteroatoms. The molecule has 1 saturated carbocycles. The first-order valence-corrected chi connectivity index (χ1v) is 22.2. The Morgan fingerprint density at radius 3 is 1.24 bits per heavy atom. The van der Waals surface area contributed by atoms with Crippen LogP contribution in [0.5, 0.6) is 5.75 Å². The molecule has 0 spiro atoms. The van der Waals surface area contributed by atoms with Gasteiger partial charge in [0.25, 0.3) is 0 Å². The molecule has 6 atom stereocenters. The second-order valence-corrected chi connectivity index (χ2v) is 17.9. The van der Waals surface area contributed by atoms with Crippen LogP contribution < -0.4 is 26.6 Å². The van der Waals surface area contributed by atoms with Gasteiger partial charge < -0.3 is 4.74 Å². The summed E-state index contributed by atoms with van der Waals surface area (Å²) in [6.45, 7) is 0. The molecule has 1 aromatic heterocycles. The quantitative estimate of drug-likeness (QED) is 0.234. The summed E-state index contributed by atoms with van der Waals surface area (Å²) in [5, 5.41) is 0. The monoisotopic (exact) mass is 793 g/mol. The summed E-state index contributed by atoms with van der Waals surface area (Å²) >= 11 is 0. The van der Waals surface area contributed by atoms with E-state index < -0.39 is 0 Å². The van der Waals surface area contributed by atoms with E-state index in [1.54, 1.807) is 0 Å². The highest BCUT2D eigenvalue weighted by Gasteiger charge is 2.52. The number of benzene rings is 7. The van der Waals surface area contributed by atoms with E-state index in [9.17, 15) is 0 Å². The fourth-order valence-corrected chi connectivity index (χ4v) is 10.4. The van der Waals surface area contributed by atoms with Gasteiger partial charge in [-0.25, -0.2) is 15.0 Å². The van der Waals surface area contributed by atoms with Gasteiger partial charge in [-0.15, -0.1) is 5.46 Å². The predicted molar refractivity (Wildman–Crippen MR) is 278 cm³/mol. The third-order valence-corrected chi connectivity index (χ3v) is 14.6. The maximum atomic E-state index is 7.30. The van der Waals surface area contributed by atoms with E-state index in [0.717, 1.165) is 44.7 Å². The number of aromatic nitrogens is 3. The molecule has 0 radical (unpaired) electrons. The minimum atomic E-state index is 0.0133. The molecule has 292 valence electrons. The van der Waals surface area contributed by atoms with E-state index in [1.807, 2.05) is 12.1 Å². The third-order valence-electron chi connectivity index (χ3n) is 14.6. The third kappa shape index (κ3) is 7.06. The zero-order valence-electron chi connectivity index (χ0n) is 36.7. The van der Waals surface area contributed by atoms with E-state index in [-0.39, 0.29) is 12.0 Å². The number of hydrogen-bond donors (Lipinski definition) is 0. The zero-order valence-corrected chi connectivity index (χ0v) is 36.7. The van der Waals surface area contributed by atoms with Gasteiger partial charge >= 0.3 is 0 Å². The summed E-state index contributed by atoms with van der Waals surface area (Å²) in [4.78, 5) is 15.8. The fourth-order valence-electron chi connectivity index (χ4n) is 10.4. The highest BCUT2D eigenvalue weighted by molar-refractivity contribution is 6.63. The molecule has 2 aliphatic rings. The molecule has 0 amide bonds. The van der Waals surface area contributed by atoms with Gasteiger partial charge in [0, 0.05) is 28.5 Å². The van der Waals surface area contributed by atoms with Crippen molar-refractivity contribution in [3.05, 3.63) is 169 Å². The smallest absolute Gasteiger partial charge is 0.164 e. The van der Waals surface area contributed by atoms with Crippen molar-refractivity contribution in [1.82, 2.24) is 15.0 Å². The SMILES string of the molecule is Bc1c(B)c(B)c2c(c1B)OC1C(c3cc(-c4ccccc4)cc(-c4nc(-c5ccc(-c6ccccc6)cc5)nc(-c5ccc(-c6ccccc6)cc5)n4)c3)C(B)C(B)C(B)C21. The summed E-state index contributed by atoms with van der Waals surface area (Å²) in [6.07, 6.45) is 0.0133. The van der Waals surface area contributed by atoms with Gasteiger partial charge in [-0.1, -0.05) is 179 Å². The van der Waals surface area contributed by atoms with Crippen molar-refractivity contribution < 1.29 is 4.74 Å². The van der Waals surface area contributed by atoms with Gasteiger partial charge in [0.05, 0.1) is 0 Å². The average molecular weight is 793 g/mol. The molecular weight excluding hydrogens is 746 g/mol. The van der Waals surface area contributed by atoms with Crippen molar-refractivity contribution in [3.8, 4) is 73.3 Å². The van der Waals surface area contributed by atoms with E-state index in [0.29, 0.717) is 40.8 Å². The topological polar surface area (TPSA) is 47.9 Å². The maximum absolute atomic E-state index is 7.30. The van der Waals surface area contributed by atoms with Crippen LogP contribution in [0.2, 0.25) is 17.5 Å². The Balaban J connectivity index is 1.14. The van der Waals surface area contributed by atoms with Gasteiger partial charge in [0.2, 0.25) is 0 Å². The molecule has 8 aromatic rings. The molecule has 1 fully saturated rings. The van der Waals surface area contributed by atoms with Crippen molar-refractivity contribution in [1.29, 1.82) is 0 Å². The summed E-state index contributed by atoms with van der Waals surface area (Å²) in [5.41, 5.74) is 17.9. The summed E-state index contributed by atoms with van der Waals surface area (Å²) in [5.74, 6) is 4.83. The number of hydrogen-bond acceptors (Lipinski definition) is 4. The molecule has 2 heterocycles. The van der Waals surface area contributed by atoms with E-state index in [1.165, 1.54) is 44.1 Å². The number of fused-ring (bicyclic) bond motifs is 3. The van der Waals surface area contributed by atoms with Crippen LogP contribution in [0.4, 0.5) is 0 Å². The lowest BCUT2D eigenvalue weighted by Crippen LogP contribution is -2.49. The minimum Gasteiger partial charge on any atom is -0.490 e. The van der Waals surface area contributed by atoms with E-state index >= 15 is 0 Å².